The van der Waals surface area contributed by atoms with Crippen LogP contribution in [0.15, 0.2) is 27.6 Å². The lowest BCUT2D eigenvalue weighted by molar-refractivity contribution is -0.137. The van der Waals surface area contributed by atoms with Crippen molar-refractivity contribution >= 4 is 21.6 Å². The van der Waals surface area contributed by atoms with Crippen LogP contribution in [-0.4, -0.2) is 18.6 Å². The Morgan fingerprint density at radius 2 is 1.89 bits per heavy atom. The number of nitrogens with zero attached hydrogens (tertiary/aromatic N) is 2. The van der Waals surface area contributed by atoms with Crippen molar-refractivity contribution in [1.29, 1.82) is 0 Å². The number of halogens is 4. The summed E-state index contributed by atoms with van der Waals surface area (Å²) in [4.78, 5) is 3.83. The van der Waals surface area contributed by atoms with Crippen molar-refractivity contribution in [2.45, 2.75) is 56.1 Å². The van der Waals surface area contributed by atoms with E-state index in [1.54, 1.807) is 0 Å². The van der Waals surface area contributed by atoms with Crippen molar-refractivity contribution in [1.82, 2.24) is 14.9 Å². The Bertz CT molecular complexity index is 921. The first kappa shape index (κ1) is 21.6. The van der Waals surface area contributed by atoms with Crippen LogP contribution in [0.25, 0.3) is 0 Å². The van der Waals surface area contributed by atoms with Crippen LogP contribution in [0.2, 0.25) is 0 Å². The van der Waals surface area contributed by atoms with E-state index in [1.807, 2.05) is 20.8 Å². The monoisotopic (exact) mass is 425 g/mol. The number of hydrogen-bond donors (Lipinski definition) is 1. The number of nitrogens with one attached hydrogen (secondary N) is 1. The van der Waals surface area contributed by atoms with Crippen LogP contribution in [-0.2, 0) is 27.5 Å². The second kappa shape index (κ2) is 7.40. The van der Waals surface area contributed by atoms with Crippen molar-refractivity contribution in [3.8, 4) is 0 Å². The molecular formula is C16H19ClF3N3O3S. The second-order valence-corrected chi connectivity index (χ2v) is 8.95. The van der Waals surface area contributed by atoms with Gasteiger partial charge in [-0.3, -0.25) is 0 Å². The van der Waals surface area contributed by atoms with E-state index in [0.29, 0.717) is 11.9 Å². The molecule has 2 rings (SSSR count). The smallest absolute Gasteiger partial charge is 0.338 e. The first-order chi connectivity index (χ1) is 12.3. The molecule has 0 spiro atoms. The Kier molecular flexibility index (Phi) is 5.93. The van der Waals surface area contributed by atoms with Gasteiger partial charge in [0.1, 0.15) is 0 Å². The third-order valence-electron chi connectivity index (χ3n) is 3.64. The standard InChI is InChI=1S/C16H19ClF3N3O3S/c1-9(13-21-14(22-26-13)15(2,3)4)23-27(24,25)12-6-5-11(16(18,19)20)7-10(12)8-17/h5-7,9,23H,8H2,1-4H3. The lowest BCUT2D eigenvalue weighted by Gasteiger charge is -2.15. The highest BCUT2D eigenvalue weighted by Crippen LogP contribution is 2.32. The van der Waals surface area contributed by atoms with Gasteiger partial charge in [0, 0.05) is 11.3 Å². The van der Waals surface area contributed by atoms with Gasteiger partial charge in [0.2, 0.25) is 15.9 Å². The van der Waals surface area contributed by atoms with Crippen molar-refractivity contribution < 1.29 is 26.1 Å². The molecule has 0 radical (unpaired) electrons. The highest BCUT2D eigenvalue weighted by molar-refractivity contribution is 7.89. The number of rotatable bonds is 5. The highest BCUT2D eigenvalue weighted by Gasteiger charge is 2.33. The van der Waals surface area contributed by atoms with Gasteiger partial charge in [0.15, 0.2) is 5.82 Å². The molecule has 1 N–H and O–H groups in total. The average molecular weight is 426 g/mol. The van der Waals surface area contributed by atoms with E-state index in [4.69, 9.17) is 16.1 Å². The first-order valence-corrected chi connectivity index (χ1v) is 9.90. The second-order valence-electron chi connectivity index (χ2n) is 7.00. The molecule has 150 valence electrons. The van der Waals surface area contributed by atoms with E-state index >= 15 is 0 Å². The third-order valence-corrected chi connectivity index (χ3v) is 5.57. The maximum atomic E-state index is 12.8. The molecule has 2 aromatic rings. The predicted molar refractivity (Wildman–Crippen MR) is 92.7 cm³/mol. The molecule has 0 aliphatic heterocycles. The Morgan fingerprint density at radius 1 is 1.26 bits per heavy atom. The van der Waals surface area contributed by atoms with E-state index in [-0.39, 0.29) is 21.8 Å². The zero-order chi connectivity index (χ0) is 20.6. The van der Waals surface area contributed by atoms with Crippen LogP contribution in [0, 0.1) is 0 Å². The SMILES string of the molecule is CC(NS(=O)(=O)c1ccc(C(F)(F)F)cc1CCl)c1nc(C(C)(C)C)no1. The van der Waals surface area contributed by atoms with Crippen LogP contribution in [0.1, 0.15) is 56.6 Å². The lowest BCUT2D eigenvalue weighted by atomic mass is 9.96. The summed E-state index contributed by atoms with van der Waals surface area (Å²) in [6.45, 7) is 7.09. The van der Waals surface area contributed by atoms with Gasteiger partial charge in [-0.15, -0.1) is 11.6 Å². The van der Waals surface area contributed by atoms with Crippen molar-refractivity contribution in [2.24, 2.45) is 0 Å². The van der Waals surface area contributed by atoms with Gasteiger partial charge in [-0.2, -0.15) is 22.9 Å². The fourth-order valence-corrected chi connectivity index (χ4v) is 3.90. The summed E-state index contributed by atoms with van der Waals surface area (Å²) >= 11 is 5.67. The Morgan fingerprint density at radius 3 is 2.37 bits per heavy atom. The third kappa shape index (κ3) is 4.99. The highest BCUT2D eigenvalue weighted by atomic mass is 35.5. The van der Waals surface area contributed by atoms with Gasteiger partial charge in [0.25, 0.3) is 0 Å². The van der Waals surface area contributed by atoms with E-state index in [0.717, 1.165) is 12.1 Å². The summed E-state index contributed by atoms with van der Waals surface area (Å²) in [6.07, 6.45) is -4.60. The summed E-state index contributed by atoms with van der Waals surface area (Å²) < 4.78 is 71.1. The van der Waals surface area contributed by atoms with Crippen LogP contribution < -0.4 is 4.72 Å². The van der Waals surface area contributed by atoms with Crippen LogP contribution in [0.4, 0.5) is 13.2 Å². The molecule has 1 aromatic carbocycles. The van der Waals surface area contributed by atoms with Crippen molar-refractivity contribution in [3.05, 3.63) is 41.0 Å². The fraction of sp³-hybridized carbons (Fsp3) is 0.500. The minimum atomic E-state index is -4.60. The summed E-state index contributed by atoms with van der Waals surface area (Å²) in [7, 11) is -4.17. The molecule has 0 amide bonds. The van der Waals surface area contributed by atoms with Crippen molar-refractivity contribution in [2.75, 3.05) is 0 Å². The van der Waals surface area contributed by atoms with Gasteiger partial charge in [-0.25, -0.2) is 8.42 Å². The lowest BCUT2D eigenvalue weighted by Crippen LogP contribution is -2.28. The Labute approximate surface area is 160 Å². The Balaban J connectivity index is 2.32. The van der Waals surface area contributed by atoms with Crippen LogP contribution in [0.5, 0.6) is 0 Å². The van der Waals surface area contributed by atoms with Gasteiger partial charge in [-0.05, 0) is 30.7 Å². The molecule has 0 fully saturated rings. The fourth-order valence-electron chi connectivity index (χ4n) is 2.18. The van der Waals surface area contributed by atoms with Crippen LogP contribution >= 0.6 is 11.6 Å². The summed E-state index contributed by atoms with van der Waals surface area (Å²) in [5, 5.41) is 3.82. The molecular weight excluding hydrogens is 407 g/mol. The molecule has 0 aliphatic carbocycles. The van der Waals surface area contributed by atoms with Crippen molar-refractivity contribution in [3.63, 3.8) is 0 Å². The maximum Gasteiger partial charge on any atom is 0.416 e. The predicted octanol–water partition coefficient (Wildman–Crippen LogP) is 4.16. The molecule has 27 heavy (non-hydrogen) atoms. The largest absolute Gasteiger partial charge is 0.416 e. The number of sulfonamides is 1. The van der Waals surface area contributed by atoms with Gasteiger partial charge in [0.05, 0.1) is 16.5 Å². The van der Waals surface area contributed by atoms with E-state index in [9.17, 15) is 21.6 Å². The topological polar surface area (TPSA) is 85.1 Å². The summed E-state index contributed by atoms with van der Waals surface area (Å²) in [5.41, 5.74) is -1.52. The van der Waals surface area contributed by atoms with E-state index in [1.165, 1.54) is 6.92 Å². The molecule has 0 saturated heterocycles. The van der Waals surface area contributed by atoms with E-state index in [2.05, 4.69) is 14.9 Å². The number of hydrogen-bond acceptors (Lipinski definition) is 5. The number of benzene rings is 1. The van der Waals surface area contributed by atoms with Gasteiger partial charge in [-0.1, -0.05) is 25.9 Å². The van der Waals surface area contributed by atoms with E-state index < -0.39 is 33.7 Å². The number of aromatic nitrogens is 2. The molecule has 1 atom stereocenters. The normalized spacial score (nSPS) is 14.4. The minimum absolute atomic E-state index is 0.0443. The van der Waals surface area contributed by atoms with Gasteiger partial charge < -0.3 is 4.52 Å². The van der Waals surface area contributed by atoms with Gasteiger partial charge >= 0.3 is 6.18 Å². The zero-order valence-corrected chi connectivity index (χ0v) is 16.6. The summed E-state index contributed by atoms with van der Waals surface area (Å²) in [5.74, 6) is 0.0471. The molecule has 1 aromatic heterocycles. The Hall–Kier alpha value is -1.65. The van der Waals surface area contributed by atoms with Crippen LogP contribution in [0.3, 0.4) is 0 Å². The summed E-state index contributed by atoms with van der Waals surface area (Å²) in [6, 6.07) is 1.41. The molecule has 0 bridgehead atoms. The zero-order valence-electron chi connectivity index (χ0n) is 15.1. The molecule has 1 unspecified atom stereocenters. The average Bonchev–Trinajstić information content (AvgIpc) is 3.03. The maximum absolute atomic E-state index is 12.8. The first-order valence-electron chi connectivity index (χ1n) is 7.88. The molecule has 11 heteroatoms. The minimum Gasteiger partial charge on any atom is -0.338 e. The number of alkyl halides is 4. The molecule has 0 saturated carbocycles. The molecule has 6 nitrogen and oxygen atoms in total. The molecule has 1 heterocycles. The molecule has 0 aliphatic rings. The quantitative estimate of drug-likeness (QED) is 0.727.